The standard InChI is InChI=1S/C19H21N5O2.C7H5F3.CH5N/c1-12(9-25)8-22-19-17(18(21)23-11-24-19)16(20)6-5-15-7-14(10-26)4-3-13(15)2;8-7(9,10)6-4-2-1-3-5-6;1-2/h3-4,7,10-12,20,25H,8-9H2,1-2H3,(H3,21,22,23,24);1-5H;2H2,1H3/t12-;;/m0../s1. The predicted octanol–water partition coefficient (Wildman–Crippen LogP) is 3.92. The number of hydrogen-bond donors (Lipinski definition) is 5. The Bertz CT molecular complexity index is 1260. The van der Waals surface area contributed by atoms with Crippen molar-refractivity contribution in [1.29, 1.82) is 5.41 Å². The average Bonchev–Trinajstić information content (AvgIpc) is 2.92. The van der Waals surface area contributed by atoms with Gasteiger partial charge in [0.1, 0.15) is 30.0 Å². The van der Waals surface area contributed by atoms with Crippen LogP contribution in [0.3, 0.4) is 0 Å². The second-order valence-electron chi connectivity index (χ2n) is 7.83. The number of nitrogens with one attached hydrogen (secondary N) is 2. The summed E-state index contributed by atoms with van der Waals surface area (Å²) in [7, 11) is 1.50. The van der Waals surface area contributed by atoms with Gasteiger partial charge in [-0.3, -0.25) is 10.2 Å². The van der Waals surface area contributed by atoms with Gasteiger partial charge in [0.25, 0.3) is 0 Å². The number of alkyl halides is 3. The first-order valence-electron chi connectivity index (χ1n) is 11.4. The molecule has 0 aliphatic heterocycles. The topological polar surface area (TPSA) is 151 Å². The highest BCUT2D eigenvalue weighted by Gasteiger charge is 2.29. The van der Waals surface area contributed by atoms with Gasteiger partial charge < -0.3 is 21.9 Å². The summed E-state index contributed by atoms with van der Waals surface area (Å²) in [5.41, 5.74) is 12.2. The Morgan fingerprint density at radius 3 is 2.39 bits per heavy atom. The fourth-order valence-electron chi connectivity index (χ4n) is 2.78. The smallest absolute Gasteiger partial charge is 0.396 e. The first kappa shape index (κ1) is 31.8. The quantitative estimate of drug-likeness (QED) is 0.185. The lowest BCUT2D eigenvalue weighted by Gasteiger charge is -2.13. The molecule has 2 aromatic carbocycles. The number of nitrogens with two attached hydrogens (primary N) is 2. The zero-order valence-electron chi connectivity index (χ0n) is 21.3. The van der Waals surface area contributed by atoms with E-state index in [0.717, 1.165) is 24.0 Å². The molecule has 202 valence electrons. The van der Waals surface area contributed by atoms with Crippen LogP contribution in [0.2, 0.25) is 0 Å². The number of carbonyl (C=O) groups excluding carboxylic acids is 1. The van der Waals surface area contributed by atoms with Crippen molar-refractivity contribution in [3.05, 3.63) is 82.7 Å². The minimum Gasteiger partial charge on any atom is -0.396 e. The van der Waals surface area contributed by atoms with Gasteiger partial charge in [-0.05, 0) is 37.4 Å². The Balaban J connectivity index is 0.000000501. The Hall–Kier alpha value is -4.27. The van der Waals surface area contributed by atoms with Gasteiger partial charge in [0.2, 0.25) is 0 Å². The first-order valence-corrected chi connectivity index (χ1v) is 11.4. The van der Waals surface area contributed by atoms with E-state index < -0.39 is 11.7 Å². The molecule has 11 heteroatoms. The summed E-state index contributed by atoms with van der Waals surface area (Å²) in [6, 6.07) is 11.6. The fraction of sp³-hybridized carbons (Fsp3) is 0.259. The largest absolute Gasteiger partial charge is 0.416 e. The summed E-state index contributed by atoms with van der Waals surface area (Å²) in [4.78, 5) is 19.0. The Labute approximate surface area is 219 Å². The van der Waals surface area contributed by atoms with E-state index in [1.807, 2.05) is 13.8 Å². The van der Waals surface area contributed by atoms with Crippen LogP contribution in [-0.2, 0) is 6.18 Å². The maximum Gasteiger partial charge on any atom is 0.416 e. The van der Waals surface area contributed by atoms with Crippen molar-refractivity contribution in [3.63, 3.8) is 0 Å². The molecule has 1 atom stereocenters. The van der Waals surface area contributed by atoms with Gasteiger partial charge in [0.15, 0.2) is 0 Å². The van der Waals surface area contributed by atoms with Gasteiger partial charge in [-0.25, -0.2) is 9.97 Å². The highest BCUT2D eigenvalue weighted by molar-refractivity contribution is 6.16. The minimum atomic E-state index is -4.21. The van der Waals surface area contributed by atoms with Crippen LogP contribution < -0.4 is 16.8 Å². The number of anilines is 2. The summed E-state index contributed by atoms with van der Waals surface area (Å²) >= 11 is 0. The van der Waals surface area contributed by atoms with Crippen LogP contribution in [0.15, 0.2) is 54.9 Å². The predicted molar refractivity (Wildman–Crippen MR) is 143 cm³/mol. The van der Waals surface area contributed by atoms with Gasteiger partial charge in [0, 0.05) is 24.3 Å². The van der Waals surface area contributed by atoms with Crippen LogP contribution in [-0.4, -0.2) is 47.3 Å². The molecular weight excluding hydrogens is 497 g/mol. The number of halogens is 3. The van der Waals surface area contributed by atoms with E-state index in [1.54, 1.807) is 24.3 Å². The van der Waals surface area contributed by atoms with Crippen molar-refractivity contribution in [2.24, 2.45) is 11.7 Å². The van der Waals surface area contributed by atoms with Crippen molar-refractivity contribution in [3.8, 4) is 11.8 Å². The maximum absolute atomic E-state index is 11.8. The fourth-order valence-corrected chi connectivity index (χ4v) is 2.78. The Morgan fingerprint density at radius 2 is 1.84 bits per heavy atom. The molecule has 8 nitrogen and oxygen atoms in total. The third-order valence-corrected chi connectivity index (χ3v) is 4.88. The van der Waals surface area contributed by atoms with Gasteiger partial charge >= 0.3 is 6.18 Å². The lowest BCUT2D eigenvalue weighted by Crippen LogP contribution is -2.18. The van der Waals surface area contributed by atoms with E-state index in [4.69, 9.17) is 16.2 Å². The molecule has 38 heavy (non-hydrogen) atoms. The average molecular weight is 529 g/mol. The number of aromatic nitrogens is 2. The van der Waals surface area contributed by atoms with Crippen LogP contribution in [0, 0.1) is 30.1 Å². The maximum atomic E-state index is 11.8. The molecular formula is C27H31F3N6O2. The SMILES string of the molecule is CN.Cc1ccc(C=O)cc1C#CC(=N)c1c(N)ncnc1NC[C@H](C)CO.FC(F)(F)c1ccccc1. The zero-order valence-corrected chi connectivity index (χ0v) is 21.3. The summed E-state index contributed by atoms with van der Waals surface area (Å²) in [6.45, 7) is 4.27. The van der Waals surface area contributed by atoms with Crippen molar-refractivity contribution in [1.82, 2.24) is 9.97 Å². The van der Waals surface area contributed by atoms with Crippen molar-refractivity contribution in [2.75, 3.05) is 31.2 Å². The minimum absolute atomic E-state index is 0.0213. The number of nitrogens with zero attached hydrogens (tertiary/aromatic N) is 2. The lowest BCUT2D eigenvalue weighted by atomic mass is 10.0. The van der Waals surface area contributed by atoms with Gasteiger partial charge in [-0.2, -0.15) is 13.2 Å². The van der Waals surface area contributed by atoms with Crippen molar-refractivity contribution >= 4 is 23.6 Å². The summed E-state index contributed by atoms with van der Waals surface area (Å²) in [6.07, 6.45) is -2.15. The second-order valence-corrected chi connectivity index (χ2v) is 7.83. The number of aliphatic hydroxyl groups is 1. The van der Waals surface area contributed by atoms with Crippen LogP contribution in [0.4, 0.5) is 24.8 Å². The molecule has 3 rings (SSSR count). The van der Waals surface area contributed by atoms with E-state index in [1.165, 1.54) is 25.5 Å². The third kappa shape index (κ3) is 10.0. The summed E-state index contributed by atoms with van der Waals surface area (Å²) in [5.74, 6) is 6.23. The van der Waals surface area contributed by atoms with Crippen LogP contribution in [0.25, 0.3) is 0 Å². The Kier molecular flexibility index (Phi) is 13.2. The molecule has 0 unspecified atom stereocenters. The van der Waals surface area contributed by atoms with Gasteiger partial charge in [0.05, 0.1) is 11.1 Å². The number of rotatable bonds is 6. The van der Waals surface area contributed by atoms with Crippen molar-refractivity contribution < 1.29 is 23.1 Å². The molecule has 0 amide bonds. The number of hydrogen-bond acceptors (Lipinski definition) is 8. The molecule has 0 radical (unpaired) electrons. The number of aryl methyl sites for hydroxylation is 1. The van der Waals surface area contributed by atoms with E-state index >= 15 is 0 Å². The lowest BCUT2D eigenvalue weighted by molar-refractivity contribution is -0.137. The molecule has 1 heterocycles. The summed E-state index contributed by atoms with van der Waals surface area (Å²) < 4.78 is 35.4. The third-order valence-electron chi connectivity index (χ3n) is 4.88. The monoisotopic (exact) mass is 528 g/mol. The van der Waals surface area contributed by atoms with E-state index in [9.17, 15) is 18.0 Å². The van der Waals surface area contributed by atoms with E-state index in [2.05, 4.69) is 32.9 Å². The number of aldehydes is 1. The highest BCUT2D eigenvalue weighted by Crippen LogP contribution is 2.28. The van der Waals surface area contributed by atoms with E-state index in [-0.39, 0.29) is 24.1 Å². The molecule has 0 aliphatic rings. The molecule has 0 aliphatic carbocycles. The second kappa shape index (κ2) is 15.8. The highest BCUT2D eigenvalue weighted by atomic mass is 19.4. The molecule has 7 N–H and O–H groups in total. The van der Waals surface area contributed by atoms with Crippen LogP contribution in [0.5, 0.6) is 0 Å². The van der Waals surface area contributed by atoms with Crippen LogP contribution >= 0.6 is 0 Å². The molecule has 0 fully saturated rings. The number of benzene rings is 2. The molecule has 0 bridgehead atoms. The van der Waals surface area contributed by atoms with Crippen molar-refractivity contribution in [2.45, 2.75) is 20.0 Å². The molecule has 3 aromatic rings. The molecule has 0 saturated heterocycles. The number of aliphatic hydroxyl groups excluding tert-OH is 1. The molecule has 1 aromatic heterocycles. The first-order chi connectivity index (χ1) is 18.1. The zero-order chi connectivity index (χ0) is 28.7. The molecule has 0 saturated carbocycles. The summed E-state index contributed by atoms with van der Waals surface area (Å²) in [5, 5.41) is 20.5. The van der Waals surface area contributed by atoms with Crippen LogP contribution in [0.1, 0.15) is 39.5 Å². The molecule has 0 spiro atoms. The Morgan fingerprint density at radius 1 is 1.18 bits per heavy atom. The number of carbonyl (C=O) groups is 1. The normalized spacial score (nSPS) is 10.8. The van der Waals surface area contributed by atoms with E-state index in [0.29, 0.717) is 29.1 Å². The van der Waals surface area contributed by atoms with Gasteiger partial charge in [-0.1, -0.05) is 55.3 Å². The number of nitrogen functional groups attached to an aromatic ring is 1. The van der Waals surface area contributed by atoms with Gasteiger partial charge in [-0.15, -0.1) is 0 Å².